The van der Waals surface area contributed by atoms with E-state index in [9.17, 15) is 0 Å². The molecule has 1 aromatic carbocycles. The molecule has 0 radical (unpaired) electrons. The average molecular weight is 416 g/mol. The van der Waals surface area contributed by atoms with Crippen molar-refractivity contribution >= 4 is 28.5 Å². The van der Waals surface area contributed by atoms with Crippen LogP contribution in [0.2, 0.25) is 5.02 Å². The van der Waals surface area contributed by atoms with Crippen LogP contribution in [0.15, 0.2) is 24.4 Å². The number of hydrogen-bond donors (Lipinski definition) is 3. The molecule has 29 heavy (non-hydrogen) atoms. The molecule has 0 unspecified atom stereocenters. The number of H-pyrrole nitrogens is 1. The molecule has 3 aromatic rings. The van der Waals surface area contributed by atoms with Gasteiger partial charge in [-0.2, -0.15) is 0 Å². The summed E-state index contributed by atoms with van der Waals surface area (Å²) in [6, 6.07) is 6.11. The Morgan fingerprint density at radius 1 is 1.34 bits per heavy atom. The zero-order valence-electron chi connectivity index (χ0n) is 16.5. The van der Waals surface area contributed by atoms with Crippen molar-refractivity contribution < 1.29 is 9.84 Å². The molecular weight excluding hydrogens is 390 g/mol. The SMILES string of the molecule is COc1ccc(-c2nc3ncc(Cl)c(N)c3[nH]2)c(C2CCN(CCCO)CC2)c1. The third-order valence-corrected chi connectivity index (χ3v) is 5.99. The number of piperidine rings is 1. The summed E-state index contributed by atoms with van der Waals surface area (Å²) in [5.41, 5.74) is 10.0. The van der Waals surface area contributed by atoms with Gasteiger partial charge < -0.3 is 25.5 Å². The van der Waals surface area contributed by atoms with Gasteiger partial charge in [-0.3, -0.25) is 0 Å². The Morgan fingerprint density at radius 3 is 2.86 bits per heavy atom. The second-order valence-corrected chi connectivity index (χ2v) is 7.86. The monoisotopic (exact) mass is 415 g/mol. The number of nitrogen functional groups attached to an aromatic ring is 1. The lowest BCUT2D eigenvalue weighted by Gasteiger charge is -2.32. The predicted octanol–water partition coefficient (Wildman–Crippen LogP) is 3.43. The third kappa shape index (κ3) is 4.03. The normalized spacial score (nSPS) is 15.8. The Bertz CT molecular complexity index is 998. The number of fused-ring (bicyclic) bond motifs is 1. The molecule has 1 aliphatic heterocycles. The van der Waals surface area contributed by atoms with Crippen LogP contribution in [0.4, 0.5) is 5.69 Å². The number of aromatic amines is 1. The number of rotatable bonds is 6. The minimum atomic E-state index is 0.243. The summed E-state index contributed by atoms with van der Waals surface area (Å²) in [5.74, 6) is 1.98. The zero-order valence-corrected chi connectivity index (χ0v) is 17.2. The number of aromatic nitrogens is 3. The van der Waals surface area contributed by atoms with Crippen LogP contribution in [0.25, 0.3) is 22.6 Å². The number of nitrogens with one attached hydrogen (secondary N) is 1. The zero-order chi connectivity index (χ0) is 20.4. The van der Waals surface area contributed by atoms with Crippen LogP contribution in [0.3, 0.4) is 0 Å². The summed E-state index contributed by atoms with van der Waals surface area (Å²) < 4.78 is 5.49. The highest BCUT2D eigenvalue weighted by Gasteiger charge is 2.24. The number of aliphatic hydroxyl groups excluding tert-OH is 1. The second kappa shape index (κ2) is 8.57. The molecule has 7 nitrogen and oxygen atoms in total. The van der Waals surface area contributed by atoms with E-state index in [0.29, 0.717) is 27.8 Å². The average Bonchev–Trinajstić information content (AvgIpc) is 3.20. The van der Waals surface area contributed by atoms with Crippen LogP contribution in [-0.2, 0) is 0 Å². The van der Waals surface area contributed by atoms with Crippen LogP contribution >= 0.6 is 11.6 Å². The summed E-state index contributed by atoms with van der Waals surface area (Å²) in [7, 11) is 1.68. The van der Waals surface area contributed by atoms with Crippen LogP contribution in [0.1, 0.15) is 30.7 Å². The van der Waals surface area contributed by atoms with Gasteiger partial charge in [0.25, 0.3) is 0 Å². The molecule has 1 aliphatic rings. The summed E-state index contributed by atoms with van der Waals surface area (Å²) >= 11 is 6.11. The molecule has 0 saturated carbocycles. The van der Waals surface area contributed by atoms with Crippen LogP contribution in [0.5, 0.6) is 5.75 Å². The molecule has 1 saturated heterocycles. The third-order valence-electron chi connectivity index (χ3n) is 5.69. The first-order valence-corrected chi connectivity index (χ1v) is 10.3. The van der Waals surface area contributed by atoms with E-state index in [1.54, 1.807) is 7.11 Å². The Hall–Kier alpha value is -2.35. The molecule has 3 heterocycles. The molecule has 4 rings (SSSR count). The molecule has 0 atom stereocenters. The van der Waals surface area contributed by atoms with Gasteiger partial charge >= 0.3 is 0 Å². The van der Waals surface area contributed by atoms with Crippen LogP contribution in [0, 0.1) is 0 Å². The first kappa shape index (κ1) is 19.9. The molecule has 0 bridgehead atoms. The fourth-order valence-corrected chi connectivity index (χ4v) is 4.21. The molecular formula is C21H26ClN5O2. The number of imidazole rings is 1. The van der Waals surface area contributed by atoms with Gasteiger partial charge in [0, 0.05) is 18.7 Å². The van der Waals surface area contributed by atoms with Gasteiger partial charge in [0.05, 0.1) is 24.0 Å². The number of aliphatic hydroxyl groups is 1. The Kier molecular flexibility index (Phi) is 5.89. The van der Waals surface area contributed by atoms with Gasteiger partial charge in [0.1, 0.15) is 17.1 Å². The van der Waals surface area contributed by atoms with Gasteiger partial charge in [-0.25, -0.2) is 9.97 Å². The van der Waals surface area contributed by atoms with E-state index in [2.05, 4.69) is 25.9 Å². The minimum absolute atomic E-state index is 0.243. The van der Waals surface area contributed by atoms with Gasteiger partial charge in [0.2, 0.25) is 0 Å². The van der Waals surface area contributed by atoms with Crippen molar-refractivity contribution in [2.45, 2.75) is 25.2 Å². The lowest BCUT2D eigenvalue weighted by atomic mass is 9.86. The molecule has 4 N–H and O–H groups in total. The molecule has 1 fully saturated rings. The standard InChI is InChI=1S/C21H26ClN5O2/c1-29-14-3-4-15(20-25-19-18(23)17(22)12-24-21(19)26-20)16(11-14)13-5-8-27(9-6-13)7-2-10-28/h3-4,11-13,28H,2,5-10H2,1H3,(H3,23,24,25,26). The number of anilines is 1. The number of ether oxygens (including phenoxy) is 1. The van der Waals surface area contributed by atoms with E-state index < -0.39 is 0 Å². The molecule has 0 spiro atoms. The number of hydrogen-bond acceptors (Lipinski definition) is 6. The Morgan fingerprint density at radius 2 is 2.14 bits per heavy atom. The lowest BCUT2D eigenvalue weighted by Crippen LogP contribution is -2.34. The highest BCUT2D eigenvalue weighted by Crippen LogP contribution is 2.38. The largest absolute Gasteiger partial charge is 0.497 e. The summed E-state index contributed by atoms with van der Waals surface area (Å²) in [4.78, 5) is 14.7. The van der Waals surface area contributed by atoms with Gasteiger partial charge in [-0.15, -0.1) is 0 Å². The summed E-state index contributed by atoms with van der Waals surface area (Å²) in [6.45, 7) is 3.23. The number of nitrogens with two attached hydrogens (primary N) is 1. The smallest absolute Gasteiger partial charge is 0.180 e. The van der Waals surface area contributed by atoms with E-state index >= 15 is 0 Å². The Balaban J connectivity index is 1.67. The fraction of sp³-hybridized carbons (Fsp3) is 0.429. The molecule has 0 aliphatic carbocycles. The van der Waals surface area contributed by atoms with Gasteiger partial charge in [0.15, 0.2) is 5.65 Å². The van der Waals surface area contributed by atoms with Crippen molar-refractivity contribution in [3.8, 4) is 17.1 Å². The molecule has 154 valence electrons. The number of halogens is 1. The first-order chi connectivity index (χ1) is 14.1. The fourth-order valence-electron chi connectivity index (χ4n) is 4.06. The van der Waals surface area contributed by atoms with Crippen molar-refractivity contribution in [2.24, 2.45) is 0 Å². The van der Waals surface area contributed by atoms with Crippen molar-refractivity contribution in [1.82, 2.24) is 19.9 Å². The number of benzene rings is 1. The van der Waals surface area contributed by atoms with Gasteiger partial charge in [-0.1, -0.05) is 11.6 Å². The van der Waals surface area contributed by atoms with E-state index in [4.69, 9.17) is 27.2 Å². The molecule has 8 heteroatoms. The van der Waals surface area contributed by atoms with E-state index in [1.165, 1.54) is 11.8 Å². The highest BCUT2D eigenvalue weighted by atomic mass is 35.5. The van der Waals surface area contributed by atoms with Crippen molar-refractivity contribution in [2.75, 3.05) is 39.1 Å². The number of likely N-dealkylation sites (tertiary alicyclic amines) is 1. The molecule has 0 amide bonds. The number of pyridine rings is 1. The summed E-state index contributed by atoms with van der Waals surface area (Å²) in [5, 5.41) is 9.49. The highest BCUT2D eigenvalue weighted by molar-refractivity contribution is 6.34. The van der Waals surface area contributed by atoms with E-state index in [0.717, 1.165) is 56.0 Å². The first-order valence-electron chi connectivity index (χ1n) is 9.92. The second-order valence-electron chi connectivity index (χ2n) is 7.45. The van der Waals surface area contributed by atoms with E-state index in [1.807, 2.05) is 12.1 Å². The van der Waals surface area contributed by atoms with Crippen molar-refractivity contribution in [1.29, 1.82) is 0 Å². The minimum Gasteiger partial charge on any atom is -0.497 e. The van der Waals surface area contributed by atoms with Crippen LogP contribution < -0.4 is 10.5 Å². The topological polar surface area (TPSA) is 100 Å². The van der Waals surface area contributed by atoms with Crippen LogP contribution in [-0.4, -0.2) is 58.3 Å². The maximum absolute atomic E-state index is 9.07. The number of methoxy groups -OCH3 is 1. The maximum atomic E-state index is 9.07. The lowest BCUT2D eigenvalue weighted by molar-refractivity contribution is 0.187. The van der Waals surface area contributed by atoms with Crippen molar-refractivity contribution in [3.63, 3.8) is 0 Å². The Labute approximate surface area is 174 Å². The maximum Gasteiger partial charge on any atom is 0.180 e. The predicted molar refractivity (Wildman–Crippen MR) is 115 cm³/mol. The van der Waals surface area contributed by atoms with Crippen molar-refractivity contribution in [3.05, 3.63) is 35.0 Å². The number of nitrogens with zero attached hydrogens (tertiary/aromatic N) is 3. The summed E-state index contributed by atoms with van der Waals surface area (Å²) in [6.07, 6.45) is 4.46. The van der Waals surface area contributed by atoms with E-state index in [-0.39, 0.29) is 6.61 Å². The van der Waals surface area contributed by atoms with Gasteiger partial charge in [-0.05, 0) is 62.0 Å². The molecule has 2 aromatic heterocycles. The quantitative estimate of drug-likeness (QED) is 0.570.